The third kappa shape index (κ3) is 3.07. The zero-order chi connectivity index (χ0) is 14.5. The van der Waals surface area contributed by atoms with Gasteiger partial charge in [0.1, 0.15) is 0 Å². The lowest BCUT2D eigenvalue weighted by molar-refractivity contribution is -0.149. The first-order chi connectivity index (χ1) is 9.63. The molecule has 108 valence electrons. The number of nitrogen functional groups attached to an aromatic ring is 1. The third-order valence-corrected chi connectivity index (χ3v) is 3.37. The Bertz CT molecular complexity index is 504. The van der Waals surface area contributed by atoms with Crippen LogP contribution in [0.4, 0.5) is 5.69 Å². The molecule has 0 bridgehead atoms. The standard InChI is InChI=1S/C14H19N3O3/c1-2-20-14(19)10-5-4-8-17(9-10)13(18)12-11(15)6-3-7-16-12/h3,6-7,10H,2,4-5,8-9,15H2,1H3. The van der Waals surface area contributed by atoms with Crippen molar-refractivity contribution in [1.82, 2.24) is 9.88 Å². The van der Waals surface area contributed by atoms with Gasteiger partial charge in [-0.3, -0.25) is 9.59 Å². The van der Waals surface area contributed by atoms with Crippen LogP contribution >= 0.6 is 0 Å². The smallest absolute Gasteiger partial charge is 0.310 e. The number of amides is 1. The number of rotatable bonds is 3. The number of aromatic nitrogens is 1. The predicted octanol–water partition coefficient (Wildman–Crippen LogP) is 1.08. The van der Waals surface area contributed by atoms with Gasteiger partial charge in [0.05, 0.1) is 18.2 Å². The van der Waals surface area contributed by atoms with Gasteiger partial charge in [0.2, 0.25) is 0 Å². The van der Waals surface area contributed by atoms with Gasteiger partial charge in [-0.05, 0) is 31.9 Å². The molecule has 1 aliphatic rings. The molecule has 1 aromatic rings. The molecule has 1 aliphatic heterocycles. The van der Waals surface area contributed by atoms with Crippen molar-refractivity contribution < 1.29 is 14.3 Å². The number of hydrogen-bond donors (Lipinski definition) is 1. The number of likely N-dealkylation sites (tertiary alicyclic amines) is 1. The maximum Gasteiger partial charge on any atom is 0.310 e. The topological polar surface area (TPSA) is 85.5 Å². The summed E-state index contributed by atoms with van der Waals surface area (Å²) < 4.78 is 5.02. The molecule has 0 aliphatic carbocycles. The molecular weight excluding hydrogens is 258 g/mol. The molecule has 20 heavy (non-hydrogen) atoms. The van der Waals surface area contributed by atoms with Crippen molar-refractivity contribution in [2.24, 2.45) is 5.92 Å². The fourth-order valence-electron chi connectivity index (χ4n) is 2.36. The molecule has 1 unspecified atom stereocenters. The fraction of sp³-hybridized carbons (Fsp3) is 0.500. The first-order valence-electron chi connectivity index (χ1n) is 6.80. The number of hydrogen-bond acceptors (Lipinski definition) is 5. The summed E-state index contributed by atoms with van der Waals surface area (Å²) in [4.78, 5) is 29.8. The van der Waals surface area contributed by atoms with Crippen molar-refractivity contribution in [3.05, 3.63) is 24.0 Å². The van der Waals surface area contributed by atoms with E-state index < -0.39 is 0 Å². The quantitative estimate of drug-likeness (QED) is 0.835. The largest absolute Gasteiger partial charge is 0.466 e. The summed E-state index contributed by atoms with van der Waals surface area (Å²) in [6.45, 7) is 3.12. The number of piperidine rings is 1. The lowest BCUT2D eigenvalue weighted by Gasteiger charge is -2.31. The van der Waals surface area contributed by atoms with Gasteiger partial charge < -0.3 is 15.4 Å². The van der Waals surface area contributed by atoms with E-state index in [-0.39, 0.29) is 23.5 Å². The summed E-state index contributed by atoms with van der Waals surface area (Å²) in [5.41, 5.74) is 6.37. The van der Waals surface area contributed by atoms with E-state index in [0.29, 0.717) is 25.4 Å². The molecule has 0 saturated carbocycles. The number of carbonyl (C=O) groups excluding carboxylic acids is 2. The number of pyridine rings is 1. The highest BCUT2D eigenvalue weighted by Gasteiger charge is 2.30. The average Bonchev–Trinajstić information content (AvgIpc) is 2.47. The predicted molar refractivity (Wildman–Crippen MR) is 73.9 cm³/mol. The zero-order valence-electron chi connectivity index (χ0n) is 11.5. The highest BCUT2D eigenvalue weighted by Crippen LogP contribution is 2.20. The van der Waals surface area contributed by atoms with Gasteiger partial charge in [0.15, 0.2) is 5.69 Å². The summed E-state index contributed by atoms with van der Waals surface area (Å²) in [5, 5.41) is 0. The number of carbonyl (C=O) groups is 2. The van der Waals surface area contributed by atoms with Crippen LogP contribution < -0.4 is 5.73 Å². The monoisotopic (exact) mass is 277 g/mol. The first-order valence-corrected chi connectivity index (χ1v) is 6.80. The van der Waals surface area contributed by atoms with Crippen molar-refractivity contribution in [2.75, 3.05) is 25.4 Å². The lowest BCUT2D eigenvalue weighted by Crippen LogP contribution is -2.43. The molecular formula is C14H19N3O3. The Morgan fingerprint density at radius 3 is 3.05 bits per heavy atom. The van der Waals surface area contributed by atoms with Crippen LogP contribution in [0.15, 0.2) is 18.3 Å². The second kappa shape index (κ2) is 6.36. The van der Waals surface area contributed by atoms with Gasteiger partial charge in [-0.15, -0.1) is 0 Å². The van der Waals surface area contributed by atoms with Gasteiger partial charge in [-0.1, -0.05) is 0 Å². The Kier molecular flexibility index (Phi) is 4.55. The van der Waals surface area contributed by atoms with Gasteiger partial charge in [-0.25, -0.2) is 4.98 Å². The van der Waals surface area contributed by atoms with E-state index in [1.54, 1.807) is 24.0 Å². The van der Waals surface area contributed by atoms with Crippen molar-refractivity contribution in [1.29, 1.82) is 0 Å². The molecule has 0 spiro atoms. The van der Waals surface area contributed by atoms with Crippen LogP contribution in [-0.4, -0.2) is 41.5 Å². The van der Waals surface area contributed by atoms with Crippen LogP contribution in [-0.2, 0) is 9.53 Å². The van der Waals surface area contributed by atoms with Crippen LogP contribution in [0.5, 0.6) is 0 Å². The number of anilines is 1. The van der Waals surface area contributed by atoms with Crippen molar-refractivity contribution in [3.63, 3.8) is 0 Å². The molecule has 1 atom stereocenters. The van der Waals surface area contributed by atoms with Crippen molar-refractivity contribution >= 4 is 17.6 Å². The van der Waals surface area contributed by atoms with Gasteiger partial charge in [-0.2, -0.15) is 0 Å². The molecule has 1 amide bonds. The number of esters is 1. The molecule has 1 fully saturated rings. The number of nitrogens with two attached hydrogens (primary N) is 1. The minimum Gasteiger partial charge on any atom is -0.466 e. The Morgan fingerprint density at radius 1 is 1.55 bits per heavy atom. The maximum atomic E-state index is 12.4. The Labute approximate surface area is 117 Å². The van der Waals surface area contributed by atoms with E-state index in [1.165, 1.54) is 6.20 Å². The Hall–Kier alpha value is -2.11. The first kappa shape index (κ1) is 14.3. The van der Waals surface area contributed by atoms with Crippen molar-refractivity contribution in [2.45, 2.75) is 19.8 Å². The minimum absolute atomic E-state index is 0.225. The van der Waals surface area contributed by atoms with Gasteiger partial charge >= 0.3 is 5.97 Å². The number of nitrogens with zero attached hydrogens (tertiary/aromatic N) is 2. The van der Waals surface area contributed by atoms with E-state index in [4.69, 9.17) is 10.5 Å². The highest BCUT2D eigenvalue weighted by atomic mass is 16.5. The fourth-order valence-corrected chi connectivity index (χ4v) is 2.36. The van der Waals surface area contributed by atoms with Crippen LogP contribution in [0.3, 0.4) is 0 Å². The second-order valence-electron chi connectivity index (χ2n) is 4.78. The SMILES string of the molecule is CCOC(=O)C1CCCN(C(=O)c2ncccc2N)C1. The summed E-state index contributed by atoms with van der Waals surface area (Å²) in [6.07, 6.45) is 3.07. The summed E-state index contributed by atoms with van der Waals surface area (Å²) in [6, 6.07) is 3.33. The van der Waals surface area contributed by atoms with Crippen LogP contribution in [0, 0.1) is 5.92 Å². The van der Waals surface area contributed by atoms with Crippen LogP contribution in [0.1, 0.15) is 30.3 Å². The van der Waals surface area contributed by atoms with E-state index in [2.05, 4.69) is 4.98 Å². The second-order valence-corrected chi connectivity index (χ2v) is 4.78. The van der Waals surface area contributed by atoms with Gasteiger partial charge in [0.25, 0.3) is 5.91 Å². The normalized spacial score (nSPS) is 18.6. The highest BCUT2D eigenvalue weighted by molar-refractivity contribution is 5.97. The summed E-state index contributed by atoms with van der Waals surface area (Å²) >= 11 is 0. The molecule has 1 saturated heterocycles. The van der Waals surface area contributed by atoms with E-state index in [0.717, 1.165) is 12.8 Å². The van der Waals surface area contributed by atoms with E-state index in [1.807, 2.05) is 0 Å². The third-order valence-electron chi connectivity index (χ3n) is 3.37. The van der Waals surface area contributed by atoms with Crippen LogP contribution in [0.25, 0.3) is 0 Å². The molecule has 1 aromatic heterocycles. The summed E-state index contributed by atoms with van der Waals surface area (Å²) in [5.74, 6) is -0.714. The number of ether oxygens (including phenoxy) is 1. The Balaban J connectivity index is 2.07. The molecule has 2 N–H and O–H groups in total. The lowest BCUT2D eigenvalue weighted by atomic mass is 9.98. The van der Waals surface area contributed by atoms with Crippen LogP contribution in [0.2, 0.25) is 0 Å². The molecule has 6 nitrogen and oxygen atoms in total. The zero-order valence-corrected chi connectivity index (χ0v) is 11.5. The van der Waals surface area contributed by atoms with E-state index in [9.17, 15) is 9.59 Å². The van der Waals surface area contributed by atoms with Crippen molar-refractivity contribution in [3.8, 4) is 0 Å². The molecule has 0 aromatic carbocycles. The maximum absolute atomic E-state index is 12.4. The molecule has 0 radical (unpaired) electrons. The Morgan fingerprint density at radius 2 is 2.35 bits per heavy atom. The minimum atomic E-state index is -0.252. The average molecular weight is 277 g/mol. The molecule has 2 heterocycles. The van der Waals surface area contributed by atoms with E-state index >= 15 is 0 Å². The molecule has 2 rings (SSSR count). The summed E-state index contributed by atoms with van der Waals surface area (Å²) in [7, 11) is 0. The van der Waals surface area contributed by atoms with Gasteiger partial charge in [0, 0.05) is 19.3 Å². The molecule has 6 heteroatoms.